The van der Waals surface area contributed by atoms with Crippen molar-refractivity contribution in [3.63, 3.8) is 0 Å². The molecule has 2 aromatic carbocycles. The van der Waals surface area contributed by atoms with Gasteiger partial charge in [-0.3, -0.25) is 0 Å². The molecule has 7 atom stereocenters. The molecule has 2 saturated heterocycles. The van der Waals surface area contributed by atoms with E-state index in [9.17, 15) is 0 Å². The van der Waals surface area contributed by atoms with Crippen LogP contribution in [0, 0.1) is 0 Å². The molecule has 0 amide bonds. The third kappa shape index (κ3) is 4.97. The first-order valence-electron chi connectivity index (χ1n) is 11.5. The lowest BCUT2D eigenvalue weighted by molar-refractivity contribution is -0.457. The van der Waals surface area contributed by atoms with E-state index >= 15 is 0 Å². The van der Waals surface area contributed by atoms with Crippen molar-refractivity contribution in [2.75, 3.05) is 20.8 Å². The monoisotopic (exact) mass is 470 g/mol. The first-order chi connectivity index (χ1) is 16.4. The summed E-state index contributed by atoms with van der Waals surface area (Å²) in [6.07, 6.45) is -0.925. The molecule has 0 aromatic heterocycles. The van der Waals surface area contributed by atoms with Gasteiger partial charge in [-0.05, 0) is 19.4 Å². The van der Waals surface area contributed by atoms with E-state index in [4.69, 9.17) is 33.2 Å². The van der Waals surface area contributed by atoms with Gasteiger partial charge in [0.15, 0.2) is 6.29 Å². The molecule has 0 bridgehead atoms. The zero-order valence-corrected chi connectivity index (χ0v) is 20.2. The molecule has 7 heteroatoms. The van der Waals surface area contributed by atoms with E-state index in [1.54, 1.807) is 34.1 Å². The summed E-state index contributed by atoms with van der Waals surface area (Å²) in [6, 6.07) is 19.8. The maximum atomic E-state index is 6.54. The summed E-state index contributed by atoms with van der Waals surface area (Å²) >= 11 is 0. The number of hydrogen-bond donors (Lipinski definition) is 0. The zero-order valence-electron chi connectivity index (χ0n) is 20.2. The summed E-state index contributed by atoms with van der Waals surface area (Å²) in [5.41, 5.74) is 1.97. The average Bonchev–Trinajstić information content (AvgIpc) is 2.89. The predicted octanol–water partition coefficient (Wildman–Crippen LogP) is 4.38. The highest BCUT2D eigenvalue weighted by atomic mass is 16.8. The van der Waals surface area contributed by atoms with Crippen LogP contribution in [0.4, 0.5) is 0 Å². The molecule has 0 radical (unpaired) electrons. The molecule has 4 rings (SSSR count). The van der Waals surface area contributed by atoms with Crippen LogP contribution >= 0.6 is 0 Å². The van der Waals surface area contributed by atoms with Gasteiger partial charge in [-0.25, -0.2) is 0 Å². The Labute approximate surface area is 201 Å². The summed E-state index contributed by atoms with van der Waals surface area (Å²) in [4.78, 5) is 0. The molecule has 0 aliphatic carbocycles. The van der Waals surface area contributed by atoms with Crippen LogP contribution in [0.25, 0.3) is 0 Å². The fraction of sp³-hybridized carbons (Fsp3) is 0.481. The quantitative estimate of drug-likeness (QED) is 0.531. The molecular formula is C27H34O7. The van der Waals surface area contributed by atoms with Gasteiger partial charge in [-0.15, -0.1) is 6.58 Å². The molecule has 0 spiro atoms. The third-order valence-corrected chi connectivity index (χ3v) is 6.64. The Morgan fingerprint density at radius 3 is 2.15 bits per heavy atom. The fourth-order valence-electron chi connectivity index (χ4n) is 4.31. The van der Waals surface area contributed by atoms with Gasteiger partial charge in [0.1, 0.15) is 24.4 Å². The van der Waals surface area contributed by atoms with Crippen LogP contribution < -0.4 is 0 Å². The summed E-state index contributed by atoms with van der Waals surface area (Å²) in [6.45, 7) is 8.28. The van der Waals surface area contributed by atoms with Crippen molar-refractivity contribution in [1.29, 1.82) is 0 Å². The van der Waals surface area contributed by atoms with Crippen molar-refractivity contribution in [2.24, 2.45) is 0 Å². The van der Waals surface area contributed by atoms with E-state index in [1.807, 2.05) is 60.7 Å². The molecule has 184 valence electrons. The number of ether oxygens (including phenoxy) is 7. The van der Waals surface area contributed by atoms with Gasteiger partial charge in [-0.2, -0.15) is 0 Å². The summed E-state index contributed by atoms with van der Waals surface area (Å²) in [5.74, 6) is -2.35. The topological polar surface area (TPSA) is 64.6 Å². The molecule has 2 aromatic rings. The summed E-state index contributed by atoms with van der Waals surface area (Å²) < 4.78 is 43.1. The lowest BCUT2D eigenvalue weighted by atomic mass is 9.96. The molecule has 2 aliphatic heterocycles. The van der Waals surface area contributed by atoms with Crippen molar-refractivity contribution in [3.05, 3.63) is 84.4 Å². The summed E-state index contributed by atoms with van der Waals surface area (Å²) in [5, 5.41) is 0. The van der Waals surface area contributed by atoms with Crippen LogP contribution in [0.15, 0.2) is 73.3 Å². The van der Waals surface area contributed by atoms with Crippen LogP contribution in [0.3, 0.4) is 0 Å². The Balaban J connectivity index is 1.62. The van der Waals surface area contributed by atoms with Crippen LogP contribution in [0.2, 0.25) is 0 Å². The number of methoxy groups -OCH3 is 2. The van der Waals surface area contributed by atoms with Gasteiger partial charge >= 0.3 is 0 Å². The average molecular weight is 471 g/mol. The van der Waals surface area contributed by atoms with Crippen molar-refractivity contribution in [1.82, 2.24) is 0 Å². The summed E-state index contributed by atoms with van der Waals surface area (Å²) in [7, 11) is 3.12. The Bertz CT molecular complexity index is 923. The Morgan fingerprint density at radius 1 is 0.912 bits per heavy atom. The molecule has 2 fully saturated rings. The van der Waals surface area contributed by atoms with Crippen molar-refractivity contribution >= 4 is 0 Å². The van der Waals surface area contributed by atoms with Gasteiger partial charge < -0.3 is 33.2 Å². The second-order valence-corrected chi connectivity index (χ2v) is 8.71. The second kappa shape index (κ2) is 10.7. The smallest absolute Gasteiger partial charge is 0.220 e. The van der Waals surface area contributed by atoms with E-state index < -0.39 is 42.3 Å². The minimum absolute atomic E-state index is 0.325. The van der Waals surface area contributed by atoms with Crippen LogP contribution in [-0.2, 0) is 39.8 Å². The maximum Gasteiger partial charge on any atom is 0.220 e. The largest absolute Gasteiger partial charge is 0.368 e. The predicted molar refractivity (Wildman–Crippen MR) is 126 cm³/mol. The van der Waals surface area contributed by atoms with Gasteiger partial charge in [-0.1, -0.05) is 66.7 Å². The molecule has 2 aliphatic rings. The highest BCUT2D eigenvalue weighted by Crippen LogP contribution is 2.43. The van der Waals surface area contributed by atoms with Gasteiger partial charge in [0, 0.05) is 19.8 Å². The van der Waals surface area contributed by atoms with Gasteiger partial charge in [0.2, 0.25) is 11.6 Å². The van der Waals surface area contributed by atoms with E-state index in [2.05, 4.69) is 6.58 Å². The minimum Gasteiger partial charge on any atom is -0.368 e. The highest BCUT2D eigenvalue weighted by Gasteiger charge is 2.59. The Kier molecular flexibility index (Phi) is 7.84. The minimum atomic E-state index is -1.19. The first kappa shape index (κ1) is 25.0. The van der Waals surface area contributed by atoms with Crippen molar-refractivity contribution < 1.29 is 33.2 Å². The SMILES string of the molecule is C=C[C@@H]1OC(C)(OC)C(C)(OC)O[C@H]1[C@@H]1OC(c2ccccc2)OC[C@H]1OCc1ccccc1. The van der Waals surface area contributed by atoms with Crippen LogP contribution in [-0.4, -0.2) is 56.8 Å². The Morgan fingerprint density at radius 2 is 1.53 bits per heavy atom. The third-order valence-electron chi connectivity index (χ3n) is 6.64. The van der Waals surface area contributed by atoms with E-state index in [0.717, 1.165) is 11.1 Å². The molecule has 2 heterocycles. The molecular weight excluding hydrogens is 436 g/mol. The molecule has 7 nitrogen and oxygen atoms in total. The van der Waals surface area contributed by atoms with Gasteiger partial charge in [0.05, 0.1) is 13.2 Å². The van der Waals surface area contributed by atoms with Crippen LogP contribution in [0.5, 0.6) is 0 Å². The van der Waals surface area contributed by atoms with Crippen molar-refractivity contribution in [2.45, 2.75) is 62.7 Å². The number of benzene rings is 2. The zero-order chi connectivity index (χ0) is 24.2. The lowest BCUT2D eigenvalue weighted by Gasteiger charge is -2.54. The second-order valence-electron chi connectivity index (χ2n) is 8.71. The van der Waals surface area contributed by atoms with Crippen molar-refractivity contribution in [3.8, 4) is 0 Å². The standard InChI is InChI=1S/C27H34O7/c1-6-21-24(34-27(3,29-5)26(2,28-4)33-21)23-22(30-17-19-13-9-7-10-14-19)18-31-25(32-23)20-15-11-8-12-16-20/h6-16,21-25H,1,17-18H2,2-5H3/t21-,22+,23+,24+,25?,26?,27?/m0/s1. The van der Waals surface area contributed by atoms with Gasteiger partial charge in [0.25, 0.3) is 0 Å². The van der Waals surface area contributed by atoms with E-state index in [0.29, 0.717) is 13.2 Å². The van der Waals surface area contributed by atoms with Crippen LogP contribution in [0.1, 0.15) is 31.3 Å². The highest BCUT2D eigenvalue weighted by molar-refractivity contribution is 5.17. The molecule has 3 unspecified atom stereocenters. The Hall–Kier alpha value is -2.10. The lowest BCUT2D eigenvalue weighted by Crippen LogP contribution is -2.68. The van der Waals surface area contributed by atoms with E-state index in [1.165, 1.54) is 0 Å². The van der Waals surface area contributed by atoms with E-state index in [-0.39, 0.29) is 0 Å². The first-order valence-corrected chi connectivity index (χ1v) is 11.5. The normalized spacial score (nSPS) is 36.2. The molecule has 0 N–H and O–H groups in total. The maximum absolute atomic E-state index is 6.54. The fourth-order valence-corrected chi connectivity index (χ4v) is 4.31. The number of rotatable bonds is 8. The molecule has 0 saturated carbocycles. The molecule has 34 heavy (non-hydrogen) atoms. The number of hydrogen-bond acceptors (Lipinski definition) is 7.